The van der Waals surface area contributed by atoms with Crippen molar-refractivity contribution in [1.82, 2.24) is 15.5 Å². The molecule has 0 atom stereocenters. The monoisotopic (exact) mass is 328 g/mol. The Labute approximate surface area is 142 Å². The van der Waals surface area contributed by atoms with E-state index in [1.54, 1.807) is 24.3 Å². The molecule has 6 nitrogen and oxygen atoms in total. The van der Waals surface area contributed by atoms with Gasteiger partial charge in [0, 0.05) is 23.2 Å². The molecular weight excluding hydrogens is 304 g/mol. The van der Waals surface area contributed by atoms with E-state index in [2.05, 4.69) is 20.8 Å². The summed E-state index contributed by atoms with van der Waals surface area (Å²) < 4.78 is 0. The van der Waals surface area contributed by atoms with Crippen molar-refractivity contribution < 1.29 is 9.59 Å². The molecule has 0 aliphatic carbocycles. The van der Waals surface area contributed by atoms with Crippen molar-refractivity contribution in [3.05, 3.63) is 46.8 Å². The Morgan fingerprint density at radius 2 is 1.83 bits per heavy atom. The Hall–Kier alpha value is -2.63. The zero-order valence-electron chi connectivity index (χ0n) is 14.8. The Morgan fingerprint density at radius 3 is 2.42 bits per heavy atom. The maximum atomic E-state index is 12.5. The van der Waals surface area contributed by atoms with Gasteiger partial charge in [-0.05, 0) is 26.0 Å². The van der Waals surface area contributed by atoms with Crippen molar-refractivity contribution in [2.75, 3.05) is 5.32 Å². The minimum Gasteiger partial charge on any atom is -0.348 e. The molecule has 0 spiro atoms. The van der Waals surface area contributed by atoms with E-state index in [0.717, 1.165) is 17.0 Å². The molecule has 0 aliphatic rings. The van der Waals surface area contributed by atoms with Gasteiger partial charge in [0.1, 0.15) is 0 Å². The van der Waals surface area contributed by atoms with Crippen molar-refractivity contribution >= 4 is 17.5 Å². The smallest absolute Gasteiger partial charge is 0.253 e. The molecule has 2 rings (SSSR count). The molecule has 0 saturated carbocycles. The predicted molar refractivity (Wildman–Crippen MR) is 93.8 cm³/mol. The fourth-order valence-electron chi connectivity index (χ4n) is 2.20. The number of H-pyrrole nitrogens is 1. The summed E-state index contributed by atoms with van der Waals surface area (Å²) in [7, 11) is 0. The molecule has 0 aliphatic heterocycles. The van der Waals surface area contributed by atoms with Gasteiger partial charge < -0.3 is 10.6 Å². The number of aromatic amines is 1. The Balaban J connectivity index is 2.14. The molecular formula is C18H24N4O2. The van der Waals surface area contributed by atoms with Crippen LogP contribution in [0.4, 0.5) is 5.69 Å². The van der Waals surface area contributed by atoms with Gasteiger partial charge in [-0.15, -0.1) is 0 Å². The Bertz CT molecular complexity index is 737. The van der Waals surface area contributed by atoms with E-state index in [1.165, 1.54) is 0 Å². The lowest BCUT2D eigenvalue weighted by molar-refractivity contribution is -0.123. The highest BCUT2D eigenvalue weighted by Gasteiger charge is 2.23. The number of nitrogens with zero attached hydrogens (tertiary/aromatic N) is 1. The highest BCUT2D eigenvalue weighted by atomic mass is 16.2. The van der Waals surface area contributed by atoms with Crippen molar-refractivity contribution in [2.24, 2.45) is 5.41 Å². The largest absolute Gasteiger partial charge is 0.348 e. The third-order valence-corrected chi connectivity index (χ3v) is 3.81. The topological polar surface area (TPSA) is 86.9 Å². The first-order valence-electron chi connectivity index (χ1n) is 7.89. The van der Waals surface area contributed by atoms with E-state index in [9.17, 15) is 9.59 Å². The first kappa shape index (κ1) is 17.7. The second kappa shape index (κ2) is 6.86. The predicted octanol–water partition coefficient (Wildman–Crippen LogP) is 2.94. The van der Waals surface area contributed by atoms with Crippen LogP contribution in [0.5, 0.6) is 0 Å². The molecule has 6 heteroatoms. The molecule has 1 heterocycles. The lowest BCUT2D eigenvalue weighted by Crippen LogP contribution is -2.30. The van der Waals surface area contributed by atoms with Crippen LogP contribution in [0.2, 0.25) is 0 Å². The summed E-state index contributed by atoms with van der Waals surface area (Å²) in [5.74, 6) is -0.371. The number of rotatable bonds is 4. The van der Waals surface area contributed by atoms with Crippen molar-refractivity contribution in [2.45, 2.75) is 41.2 Å². The second-order valence-electron chi connectivity index (χ2n) is 6.84. The molecule has 2 aromatic rings. The molecule has 1 aromatic carbocycles. The van der Waals surface area contributed by atoms with Crippen molar-refractivity contribution in [3.63, 3.8) is 0 Å². The number of carbonyl (C=O) groups is 2. The van der Waals surface area contributed by atoms with Gasteiger partial charge in [0.05, 0.1) is 16.9 Å². The first-order valence-corrected chi connectivity index (χ1v) is 7.89. The minimum absolute atomic E-state index is 0.135. The van der Waals surface area contributed by atoms with Crippen LogP contribution in [-0.2, 0) is 11.3 Å². The summed E-state index contributed by atoms with van der Waals surface area (Å²) in [6.07, 6.45) is 0. The fraction of sp³-hybridized carbons (Fsp3) is 0.389. The zero-order valence-corrected chi connectivity index (χ0v) is 14.8. The Kier molecular flexibility index (Phi) is 5.07. The van der Waals surface area contributed by atoms with Gasteiger partial charge in [-0.3, -0.25) is 14.7 Å². The number of aromatic nitrogens is 2. The highest BCUT2D eigenvalue weighted by Crippen LogP contribution is 2.20. The molecule has 0 radical (unpaired) electrons. The van der Waals surface area contributed by atoms with Gasteiger partial charge in [0.25, 0.3) is 5.91 Å². The summed E-state index contributed by atoms with van der Waals surface area (Å²) in [4.78, 5) is 24.7. The Morgan fingerprint density at radius 1 is 1.17 bits per heavy atom. The van der Waals surface area contributed by atoms with Crippen LogP contribution in [0.1, 0.15) is 48.1 Å². The number of aryl methyl sites for hydroxylation is 2. The van der Waals surface area contributed by atoms with Crippen LogP contribution in [0.25, 0.3) is 0 Å². The van der Waals surface area contributed by atoms with Gasteiger partial charge >= 0.3 is 0 Å². The van der Waals surface area contributed by atoms with Crippen molar-refractivity contribution in [3.8, 4) is 0 Å². The molecule has 2 amide bonds. The van der Waals surface area contributed by atoms with Crippen LogP contribution in [0.3, 0.4) is 0 Å². The van der Waals surface area contributed by atoms with E-state index >= 15 is 0 Å². The van der Waals surface area contributed by atoms with E-state index in [4.69, 9.17) is 0 Å². The van der Waals surface area contributed by atoms with Crippen LogP contribution in [-0.4, -0.2) is 22.0 Å². The average molecular weight is 328 g/mol. The zero-order chi connectivity index (χ0) is 17.9. The fourth-order valence-corrected chi connectivity index (χ4v) is 2.20. The SMILES string of the molecule is Cc1n[nH]c(C)c1CNC(=O)c1ccccc1NC(=O)C(C)(C)C. The summed E-state index contributed by atoms with van der Waals surface area (Å²) in [5.41, 5.74) is 3.18. The second-order valence-corrected chi connectivity index (χ2v) is 6.84. The van der Waals surface area contributed by atoms with Gasteiger partial charge in [0.15, 0.2) is 0 Å². The number of hydrogen-bond donors (Lipinski definition) is 3. The quantitative estimate of drug-likeness (QED) is 0.806. The van der Waals surface area contributed by atoms with Gasteiger partial charge in [-0.1, -0.05) is 32.9 Å². The van der Waals surface area contributed by atoms with E-state index in [1.807, 2.05) is 34.6 Å². The van der Waals surface area contributed by atoms with Crippen LogP contribution in [0.15, 0.2) is 24.3 Å². The number of anilines is 1. The lowest BCUT2D eigenvalue weighted by atomic mass is 9.95. The maximum absolute atomic E-state index is 12.5. The van der Waals surface area contributed by atoms with Gasteiger partial charge in [-0.2, -0.15) is 5.10 Å². The normalized spacial score (nSPS) is 11.2. The number of amides is 2. The molecule has 0 bridgehead atoms. The molecule has 3 N–H and O–H groups in total. The molecule has 0 unspecified atom stereocenters. The molecule has 0 fully saturated rings. The van der Waals surface area contributed by atoms with E-state index in [0.29, 0.717) is 17.8 Å². The molecule has 128 valence electrons. The third-order valence-electron chi connectivity index (χ3n) is 3.81. The number of benzene rings is 1. The maximum Gasteiger partial charge on any atom is 0.253 e. The number of para-hydroxylation sites is 1. The van der Waals surface area contributed by atoms with Crippen LogP contribution >= 0.6 is 0 Å². The highest BCUT2D eigenvalue weighted by molar-refractivity contribution is 6.04. The summed E-state index contributed by atoms with van der Waals surface area (Å²) in [5, 5.41) is 12.7. The lowest BCUT2D eigenvalue weighted by Gasteiger charge is -2.19. The standard InChI is InChI=1S/C18H24N4O2/c1-11-14(12(2)22-21-11)10-19-16(23)13-8-6-7-9-15(13)20-17(24)18(3,4)5/h6-9H,10H2,1-5H3,(H,19,23)(H,20,24)(H,21,22). The van der Waals surface area contributed by atoms with Gasteiger partial charge in [-0.25, -0.2) is 0 Å². The average Bonchev–Trinajstić information content (AvgIpc) is 2.83. The summed E-state index contributed by atoms with van der Waals surface area (Å²) >= 11 is 0. The van der Waals surface area contributed by atoms with E-state index < -0.39 is 5.41 Å². The van der Waals surface area contributed by atoms with Crippen LogP contribution in [0, 0.1) is 19.3 Å². The minimum atomic E-state index is -0.533. The van der Waals surface area contributed by atoms with Gasteiger partial charge in [0.2, 0.25) is 5.91 Å². The number of carbonyl (C=O) groups excluding carboxylic acids is 2. The first-order chi connectivity index (χ1) is 11.2. The molecule has 1 aromatic heterocycles. The summed E-state index contributed by atoms with van der Waals surface area (Å²) in [6, 6.07) is 6.99. The third kappa shape index (κ3) is 4.01. The van der Waals surface area contributed by atoms with E-state index in [-0.39, 0.29) is 11.8 Å². The summed E-state index contributed by atoms with van der Waals surface area (Å²) in [6.45, 7) is 9.68. The molecule has 24 heavy (non-hydrogen) atoms. The molecule has 0 saturated heterocycles. The van der Waals surface area contributed by atoms with Crippen molar-refractivity contribution in [1.29, 1.82) is 0 Å². The number of nitrogens with one attached hydrogen (secondary N) is 3. The number of hydrogen-bond acceptors (Lipinski definition) is 3. The van der Waals surface area contributed by atoms with Crippen LogP contribution < -0.4 is 10.6 Å².